The third kappa shape index (κ3) is 2.91. The average Bonchev–Trinajstić information content (AvgIpc) is 3.13. The van der Waals surface area contributed by atoms with Crippen molar-refractivity contribution >= 4 is 5.69 Å². The van der Waals surface area contributed by atoms with Gasteiger partial charge in [-0.2, -0.15) is 5.10 Å². The van der Waals surface area contributed by atoms with Crippen LogP contribution in [0.5, 0.6) is 0 Å². The molecule has 2 heterocycles. The van der Waals surface area contributed by atoms with Crippen LogP contribution in [0.4, 0.5) is 5.69 Å². The Kier molecular flexibility index (Phi) is 3.54. The number of aromatic nitrogens is 2. The summed E-state index contributed by atoms with van der Waals surface area (Å²) in [7, 11) is 0. The van der Waals surface area contributed by atoms with Crippen molar-refractivity contribution in [2.24, 2.45) is 0 Å². The van der Waals surface area contributed by atoms with Gasteiger partial charge in [0, 0.05) is 18.1 Å². The largest absolute Gasteiger partial charge is 0.467 e. The summed E-state index contributed by atoms with van der Waals surface area (Å²) in [5.41, 5.74) is 2.31. The van der Waals surface area contributed by atoms with Crippen molar-refractivity contribution in [2.45, 2.75) is 19.5 Å². The Labute approximate surface area is 118 Å². The summed E-state index contributed by atoms with van der Waals surface area (Å²) in [6.45, 7) is 2.87. The molecule has 0 amide bonds. The molecule has 2 aromatic heterocycles. The molecule has 0 aliphatic carbocycles. The van der Waals surface area contributed by atoms with Gasteiger partial charge in [0.15, 0.2) is 0 Å². The van der Waals surface area contributed by atoms with E-state index in [1.807, 2.05) is 29.1 Å². The van der Waals surface area contributed by atoms with Gasteiger partial charge in [0.2, 0.25) is 0 Å². The molecule has 0 fully saturated rings. The molecule has 0 saturated heterocycles. The zero-order chi connectivity index (χ0) is 13.8. The van der Waals surface area contributed by atoms with Gasteiger partial charge in [-0.3, -0.25) is 4.68 Å². The van der Waals surface area contributed by atoms with Crippen LogP contribution in [0.25, 0.3) is 0 Å². The summed E-state index contributed by atoms with van der Waals surface area (Å²) in [5.74, 6) is 0.936. The summed E-state index contributed by atoms with van der Waals surface area (Å²) in [5, 5.41) is 7.62. The molecule has 0 saturated carbocycles. The SMILES string of the molecule is CC(Nc1ccc(Cn2cccn2)cc1)c1ccco1. The predicted molar refractivity (Wildman–Crippen MR) is 78.5 cm³/mol. The minimum atomic E-state index is 0.155. The topological polar surface area (TPSA) is 43.0 Å². The Bertz CT molecular complexity index is 627. The maximum absolute atomic E-state index is 5.39. The van der Waals surface area contributed by atoms with E-state index in [4.69, 9.17) is 4.42 Å². The van der Waals surface area contributed by atoms with Crippen LogP contribution in [0, 0.1) is 0 Å². The first kappa shape index (κ1) is 12.5. The van der Waals surface area contributed by atoms with Crippen LogP contribution in [-0.4, -0.2) is 9.78 Å². The molecule has 102 valence electrons. The number of nitrogens with one attached hydrogen (secondary N) is 1. The highest BCUT2D eigenvalue weighted by molar-refractivity contribution is 5.46. The lowest BCUT2D eigenvalue weighted by Crippen LogP contribution is -2.05. The molecule has 0 spiro atoms. The van der Waals surface area contributed by atoms with Gasteiger partial charge in [-0.15, -0.1) is 0 Å². The van der Waals surface area contributed by atoms with E-state index in [0.717, 1.165) is 18.0 Å². The van der Waals surface area contributed by atoms with Crippen molar-refractivity contribution in [3.05, 3.63) is 72.4 Å². The molecule has 1 unspecified atom stereocenters. The van der Waals surface area contributed by atoms with Gasteiger partial charge in [-0.25, -0.2) is 0 Å². The number of nitrogens with zero attached hydrogens (tertiary/aromatic N) is 2. The van der Waals surface area contributed by atoms with Crippen LogP contribution < -0.4 is 5.32 Å². The van der Waals surface area contributed by atoms with Crippen molar-refractivity contribution in [1.29, 1.82) is 0 Å². The second-order valence-electron chi connectivity index (χ2n) is 4.78. The van der Waals surface area contributed by atoms with Gasteiger partial charge in [0.05, 0.1) is 18.8 Å². The zero-order valence-electron chi connectivity index (χ0n) is 11.4. The second-order valence-corrected chi connectivity index (χ2v) is 4.78. The van der Waals surface area contributed by atoms with Gasteiger partial charge in [0.1, 0.15) is 5.76 Å². The third-order valence-corrected chi connectivity index (χ3v) is 3.21. The number of hydrogen-bond donors (Lipinski definition) is 1. The van der Waals surface area contributed by atoms with Crippen molar-refractivity contribution < 1.29 is 4.42 Å². The Morgan fingerprint density at radius 2 is 2.05 bits per heavy atom. The first-order valence-corrected chi connectivity index (χ1v) is 6.67. The van der Waals surface area contributed by atoms with E-state index in [1.54, 1.807) is 12.5 Å². The quantitative estimate of drug-likeness (QED) is 0.766. The Morgan fingerprint density at radius 3 is 2.70 bits per heavy atom. The van der Waals surface area contributed by atoms with E-state index in [0.29, 0.717) is 0 Å². The summed E-state index contributed by atoms with van der Waals surface area (Å²) >= 11 is 0. The minimum Gasteiger partial charge on any atom is -0.467 e. The van der Waals surface area contributed by atoms with Crippen LogP contribution in [0.3, 0.4) is 0 Å². The third-order valence-electron chi connectivity index (χ3n) is 3.21. The maximum atomic E-state index is 5.39. The highest BCUT2D eigenvalue weighted by Gasteiger charge is 2.07. The van der Waals surface area contributed by atoms with E-state index in [2.05, 4.69) is 41.6 Å². The summed E-state index contributed by atoms with van der Waals surface area (Å²) in [4.78, 5) is 0. The van der Waals surface area contributed by atoms with Gasteiger partial charge in [-0.05, 0) is 42.8 Å². The molecule has 0 radical (unpaired) electrons. The number of hydrogen-bond acceptors (Lipinski definition) is 3. The number of benzene rings is 1. The predicted octanol–water partition coefficient (Wildman–Crippen LogP) is 3.70. The van der Waals surface area contributed by atoms with E-state index in [-0.39, 0.29) is 6.04 Å². The molecule has 3 aromatic rings. The fourth-order valence-corrected chi connectivity index (χ4v) is 2.15. The van der Waals surface area contributed by atoms with Gasteiger partial charge >= 0.3 is 0 Å². The standard InChI is InChI=1S/C16H17N3O/c1-13(16-4-2-11-20-16)18-15-7-5-14(6-8-15)12-19-10-3-9-17-19/h2-11,13,18H,12H2,1H3. The van der Waals surface area contributed by atoms with Crippen molar-refractivity contribution in [3.63, 3.8) is 0 Å². The first-order valence-electron chi connectivity index (χ1n) is 6.67. The highest BCUT2D eigenvalue weighted by Crippen LogP contribution is 2.19. The molecule has 1 atom stereocenters. The molecule has 1 N–H and O–H groups in total. The lowest BCUT2D eigenvalue weighted by atomic mass is 10.2. The normalized spacial score (nSPS) is 12.2. The number of rotatable bonds is 5. The first-order chi connectivity index (χ1) is 9.81. The van der Waals surface area contributed by atoms with Crippen molar-refractivity contribution in [2.75, 3.05) is 5.32 Å². The number of furan rings is 1. The lowest BCUT2D eigenvalue weighted by molar-refractivity contribution is 0.490. The molecule has 0 bridgehead atoms. The van der Waals surface area contributed by atoms with Gasteiger partial charge in [0.25, 0.3) is 0 Å². The monoisotopic (exact) mass is 267 g/mol. The maximum Gasteiger partial charge on any atom is 0.125 e. The smallest absolute Gasteiger partial charge is 0.125 e. The van der Waals surface area contributed by atoms with E-state index >= 15 is 0 Å². The molecule has 4 heteroatoms. The van der Waals surface area contributed by atoms with Crippen LogP contribution in [-0.2, 0) is 6.54 Å². The van der Waals surface area contributed by atoms with Crippen LogP contribution in [0.2, 0.25) is 0 Å². The van der Waals surface area contributed by atoms with Crippen molar-refractivity contribution in [3.8, 4) is 0 Å². The average molecular weight is 267 g/mol. The molecule has 1 aromatic carbocycles. The summed E-state index contributed by atoms with van der Waals surface area (Å²) in [6, 6.07) is 14.3. The molecule has 3 rings (SSSR count). The Morgan fingerprint density at radius 1 is 1.20 bits per heavy atom. The Hall–Kier alpha value is -2.49. The van der Waals surface area contributed by atoms with Crippen LogP contribution in [0.15, 0.2) is 65.5 Å². The molecule has 20 heavy (non-hydrogen) atoms. The number of anilines is 1. The molecule has 4 nitrogen and oxygen atoms in total. The van der Waals surface area contributed by atoms with E-state index in [9.17, 15) is 0 Å². The Balaban J connectivity index is 1.64. The van der Waals surface area contributed by atoms with E-state index < -0.39 is 0 Å². The summed E-state index contributed by atoms with van der Waals surface area (Å²) < 4.78 is 7.30. The van der Waals surface area contributed by atoms with Crippen molar-refractivity contribution in [1.82, 2.24) is 9.78 Å². The molecular formula is C16H17N3O. The lowest BCUT2D eigenvalue weighted by Gasteiger charge is -2.13. The summed E-state index contributed by atoms with van der Waals surface area (Å²) in [6.07, 6.45) is 5.45. The minimum absolute atomic E-state index is 0.155. The van der Waals surface area contributed by atoms with E-state index in [1.165, 1.54) is 5.56 Å². The molecular weight excluding hydrogens is 250 g/mol. The fourth-order valence-electron chi connectivity index (χ4n) is 2.15. The van der Waals surface area contributed by atoms with Gasteiger partial charge < -0.3 is 9.73 Å². The van der Waals surface area contributed by atoms with Crippen LogP contribution in [0.1, 0.15) is 24.3 Å². The second kappa shape index (κ2) is 5.65. The molecule has 0 aliphatic rings. The highest BCUT2D eigenvalue weighted by atomic mass is 16.3. The van der Waals surface area contributed by atoms with Crippen LogP contribution >= 0.6 is 0 Å². The van der Waals surface area contributed by atoms with Gasteiger partial charge in [-0.1, -0.05) is 12.1 Å². The zero-order valence-corrected chi connectivity index (χ0v) is 11.4. The fraction of sp³-hybridized carbons (Fsp3) is 0.188. The molecule has 0 aliphatic heterocycles.